The van der Waals surface area contributed by atoms with Crippen molar-refractivity contribution in [2.45, 2.75) is 58.4 Å². The van der Waals surface area contributed by atoms with Crippen LogP contribution in [0.5, 0.6) is 0 Å². The van der Waals surface area contributed by atoms with Crippen molar-refractivity contribution in [1.82, 2.24) is 9.21 Å². The zero-order chi connectivity index (χ0) is 25.6. The second-order valence-electron chi connectivity index (χ2n) is 8.38. The van der Waals surface area contributed by atoms with E-state index < -0.39 is 21.9 Å². The molecule has 3 rings (SSSR count). The van der Waals surface area contributed by atoms with E-state index in [1.807, 2.05) is 13.8 Å². The Morgan fingerprint density at radius 1 is 1.14 bits per heavy atom. The van der Waals surface area contributed by atoms with Crippen LogP contribution in [0.4, 0.5) is 5.00 Å². The van der Waals surface area contributed by atoms with Crippen molar-refractivity contribution in [3.05, 3.63) is 45.8 Å². The van der Waals surface area contributed by atoms with Crippen LogP contribution in [-0.2, 0) is 27.7 Å². The second kappa shape index (κ2) is 13.5. The van der Waals surface area contributed by atoms with Crippen LogP contribution in [-0.4, -0.2) is 62.3 Å². The highest BCUT2D eigenvalue weighted by atomic mass is 35.5. The molecule has 0 radical (unpaired) electrons. The number of carbonyl (C=O) groups excluding carboxylic acids is 2. The molecule has 1 aliphatic rings. The minimum Gasteiger partial charge on any atom is -0.462 e. The van der Waals surface area contributed by atoms with Crippen LogP contribution in [0.25, 0.3) is 0 Å². The number of carbonyl (C=O) groups is 2. The maximum absolute atomic E-state index is 13.0. The summed E-state index contributed by atoms with van der Waals surface area (Å²) in [6.45, 7) is 11.3. The molecule has 0 saturated heterocycles. The Hall–Kier alpha value is -1.98. The molecule has 200 valence electrons. The molecule has 11 heteroatoms. The maximum atomic E-state index is 13.0. The van der Waals surface area contributed by atoms with Crippen LogP contribution in [0.3, 0.4) is 0 Å². The number of hydrogen-bond acceptors (Lipinski definition) is 7. The van der Waals surface area contributed by atoms with Gasteiger partial charge in [-0.1, -0.05) is 27.2 Å². The molecular formula is C25H36ClN3O5S2. The van der Waals surface area contributed by atoms with Crippen molar-refractivity contribution in [2.24, 2.45) is 0 Å². The van der Waals surface area contributed by atoms with Crippen molar-refractivity contribution in [3.8, 4) is 0 Å². The van der Waals surface area contributed by atoms with Gasteiger partial charge in [0.2, 0.25) is 10.0 Å². The number of nitrogens with zero attached hydrogens (tertiary/aromatic N) is 2. The molecule has 0 aliphatic carbocycles. The molecule has 1 aliphatic heterocycles. The fraction of sp³-hybridized carbons (Fsp3) is 0.520. The molecular weight excluding hydrogens is 522 g/mol. The molecule has 8 nitrogen and oxygen atoms in total. The molecule has 0 fully saturated rings. The first-order valence-corrected chi connectivity index (χ1v) is 14.5. The Kier molecular flexibility index (Phi) is 11.4. The quantitative estimate of drug-likeness (QED) is 0.399. The molecule has 0 unspecified atom stereocenters. The minimum atomic E-state index is -3.62. The third kappa shape index (κ3) is 6.66. The summed E-state index contributed by atoms with van der Waals surface area (Å²) in [6, 6.07) is 5.94. The fourth-order valence-corrected chi connectivity index (χ4v) is 6.88. The average molecular weight is 558 g/mol. The highest BCUT2D eigenvalue weighted by Crippen LogP contribution is 2.38. The lowest BCUT2D eigenvalue weighted by atomic mass is 10.0. The highest BCUT2D eigenvalue weighted by Gasteiger charge is 2.29. The fourth-order valence-electron chi connectivity index (χ4n) is 4.12. The summed E-state index contributed by atoms with van der Waals surface area (Å²) in [5.74, 6) is -0.831. The number of fused-ring (bicyclic) bond motifs is 1. The lowest BCUT2D eigenvalue weighted by Crippen LogP contribution is -2.31. The summed E-state index contributed by atoms with van der Waals surface area (Å²) in [7, 11) is -3.62. The molecule has 0 saturated carbocycles. The third-order valence-corrected chi connectivity index (χ3v) is 9.28. The molecule has 1 aromatic carbocycles. The van der Waals surface area contributed by atoms with Crippen molar-refractivity contribution in [1.29, 1.82) is 0 Å². The molecule has 1 amide bonds. The standard InChI is InChI=1S/C25H35N3O5S2.ClH/c1-5-9-15-28(7-3)35(31,32)19-12-10-18(11-13-19)23(29)26-24-22(25(30)33-8-4)20-14-16-27(6-2)17-21(20)34-24;/h10-13H,5-9,14-17H2,1-4H3,(H,26,29);1H. The SMILES string of the molecule is CCCCN(CC)S(=O)(=O)c1ccc(C(=O)Nc2sc3c(c2C(=O)OCC)CCN(CC)C3)cc1.Cl. The number of rotatable bonds is 11. The van der Waals surface area contributed by atoms with Gasteiger partial charge in [-0.3, -0.25) is 9.69 Å². The van der Waals surface area contributed by atoms with E-state index >= 15 is 0 Å². The number of likely N-dealkylation sites (N-methyl/N-ethyl adjacent to an activating group) is 1. The van der Waals surface area contributed by atoms with Crippen LogP contribution >= 0.6 is 23.7 Å². The van der Waals surface area contributed by atoms with Gasteiger partial charge in [0, 0.05) is 36.6 Å². The summed E-state index contributed by atoms with van der Waals surface area (Å²) in [5.41, 5.74) is 1.70. The van der Waals surface area contributed by atoms with Gasteiger partial charge in [-0.25, -0.2) is 13.2 Å². The Morgan fingerprint density at radius 3 is 2.42 bits per heavy atom. The van der Waals surface area contributed by atoms with E-state index in [1.54, 1.807) is 6.92 Å². The number of ether oxygens (including phenoxy) is 1. The minimum absolute atomic E-state index is 0. The first-order chi connectivity index (χ1) is 16.8. The number of hydrogen-bond donors (Lipinski definition) is 1. The van der Waals surface area contributed by atoms with Gasteiger partial charge in [-0.05, 0) is 56.1 Å². The van der Waals surface area contributed by atoms with Crippen LogP contribution in [0.15, 0.2) is 29.2 Å². The number of benzene rings is 1. The molecule has 2 aromatic rings. The normalized spacial score (nSPS) is 13.7. The predicted octanol–water partition coefficient (Wildman–Crippen LogP) is 4.79. The van der Waals surface area contributed by atoms with Crippen LogP contribution in [0.1, 0.15) is 71.7 Å². The van der Waals surface area contributed by atoms with Gasteiger partial charge in [0.25, 0.3) is 5.91 Å². The van der Waals surface area contributed by atoms with Crippen molar-refractivity contribution in [2.75, 3.05) is 38.1 Å². The first-order valence-electron chi connectivity index (χ1n) is 12.2. The van der Waals surface area contributed by atoms with E-state index in [1.165, 1.54) is 39.9 Å². The van der Waals surface area contributed by atoms with Gasteiger partial charge in [-0.2, -0.15) is 4.31 Å². The molecule has 1 N–H and O–H groups in total. The Labute approximate surface area is 224 Å². The number of halogens is 1. The number of esters is 1. The molecule has 0 bridgehead atoms. The maximum Gasteiger partial charge on any atom is 0.341 e. The Morgan fingerprint density at radius 2 is 1.83 bits per heavy atom. The average Bonchev–Trinajstić information content (AvgIpc) is 3.21. The monoisotopic (exact) mass is 557 g/mol. The van der Waals surface area contributed by atoms with Gasteiger partial charge in [0.15, 0.2) is 0 Å². The number of nitrogens with one attached hydrogen (secondary N) is 1. The van der Waals surface area contributed by atoms with E-state index in [0.29, 0.717) is 29.2 Å². The molecule has 1 aromatic heterocycles. The zero-order valence-corrected chi connectivity index (χ0v) is 23.8. The highest BCUT2D eigenvalue weighted by molar-refractivity contribution is 7.89. The van der Waals surface area contributed by atoms with Gasteiger partial charge in [0.1, 0.15) is 5.00 Å². The van der Waals surface area contributed by atoms with Crippen molar-refractivity contribution < 1.29 is 22.7 Å². The summed E-state index contributed by atoms with van der Waals surface area (Å²) in [5, 5.41) is 3.35. The van der Waals surface area contributed by atoms with Gasteiger partial charge in [-0.15, -0.1) is 23.7 Å². The number of sulfonamides is 1. The van der Waals surface area contributed by atoms with E-state index in [0.717, 1.165) is 49.3 Å². The summed E-state index contributed by atoms with van der Waals surface area (Å²) in [6.07, 6.45) is 2.42. The summed E-state index contributed by atoms with van der Waals surface area (Å²) >= 11 is 1.40. The second-order valence-corrected chi connectivity index (χ2v) is 11.4. The number of anilines is 1. The summed E-state index contributed by atoms with van der Waals surface area (Å²) < 4.78 is 32.6. The topological polar surface area (TPSA) is 96.0 Å². The predicted molar refractivity (Wildman–Crippen MR) is 146 cm³/mol. The van der Waals surface area contributed by atoms with Crippen molar-refractivity contribution in [3.63, 3.8) is 0 Å². The van der Waals surface area contributed by atoms with Gasteiger partial charge < -0.3 is 10.1 Å². The first kappa shape index (κ1) is 30.2. The lowest BCUT2D eigenvalue weighted by molar-refractivity contribution is 0.0526. The lowest BCUT2D eigenvalue weighted by Gasteiger charge is -2.25. The van der Waals surface area contributed by atoms with E-state index in [9.17, 15) is 18.0 Å². The van der Waals surface area contributed by atoms with Crippen LogP contribution in [0.2, 0.25) is 0 Å². The Bertz CT molecular complexity index is 1150. The molecule has 0 spiro atoms. The molecule has 36 heavy (non-hydrogen) atoms. The molecule has 2 heterocycles. The molecule has 0 atom stereocenters. The smallest absolute Gasteiger partial charge is 0.341 e. The van der Waals surface area contributed by atoms with Gasteiger partial charge >= 0.3 is 5.97 Å². The largest absolute Gasteiger partial charge is 0.462 e. The Balaban J connectivity index is 0.00000456. The van der Waals surface area contributed by atoms with E-state index in [2.05, 4.69) is 17.1 Å². The number of unbranched alkanes of at least 4 members (excludes halogenated alkanes) is 1. The number of thiophene rings is 1. The third-order valence-electron chi connectivity index (χ3n) is 6.16. The zero-order valence-electron chi connectivity index (χ0n) is 21.3. The summed E-state index contributed by atoms with van der Waals surface area (Å²) in [4.78, 5) is 29.3. The number of amides is 1. The van der Waals surface area contributed by atoms with E-state index in [4.69, 9.17) is 4.74 Å². The van der Waals surface area contributed by atoms with Crippen LogP contribution < -0.4 is 5.32 Å². The van der Waals surface area contributed by atoms with Crippen LogP contribution in [0, 0.1) is 0 Å². The van der Waals surface area contributed by atoms with Gasteiger partial charge in [0.05, 0.1) is 17.1 Å². The van der Waals surface area contributed by atoms with E-state index in [-0.39, 0.29) is 23.9 Å². The van der Waals surface area contributed by atoms with Crippen molar-refractivity contribution >= 4 is 50.6 Å².